The summed E-state index contributed by atoms with van der Waals surface area (Å²) in [6, 6.07) is 3.49. The van der Waals surface area contributed by atoms with Crippen molar-refractivity contribution in [1.29, 1.82) is 0 Å². The highest BCUT2D eigenvalue weighted by Gasteiger charge is 2.32. The average Bonchev–Trinajstić information content (AvgIpc) is 2.20. The number of hydrogen-bond donors (Lipinski definition) is 1. The standard InChI is InChI=1S/C10H6BrF3O4/c11-6-1-2-8(18-10(12,13)14)5(3-6)4-7(15)9(16)17/h1-3H,4H2,(H,16,17). The summed E-state index contributed by atoms with van der Waals surface area (Å²) in [6.07, 6.45) is -5.59. The SMILES string of the molecule is O=C(O)C(=O)Cc1cc(Br)ccc1OC(F)(F)F. The predicted molar refractivity (Wildman–Crippen MR) is 57.2 cm³/mol. The zero-order chi connectivity index (χ0) is 13.9. The summed E-state index contributed by atoms with van der Waals surface area (Å²) >= 11 is 3.01. The fraction of sp³-hybridized carbons (Fsp3) is 0.200. The van der Waals surface area contributed by atoms with E-state index < -0.39 is 30.3 Å². The van der Waals surface area contributed by atoms with Crippen LogP contribution in [0.3, 0.4) is 0 Å². The van der Waals surface area contributed by atoms with E-state index >= 15 is 0 Å². The van der Waals surface area contributed by atoms with Gasteiger partial charge in [0.25, 0.3) is 0 Å². The van der Waals surface area contributed by atoms with Gasteiger partial charge in [0.1, 0.15) is 5.75 Å². The van der Waals surface area contributed by atoms with E-state index in [4.69, 9.17) is 5.11 Å². The Balaban J connectivity index is 3.04. The molecule has 0 aliphatic heterocycles. The molecule has 0 atom stereocenters. The molecule has 1 rings (SSSR count). The molecule has 0 amide bonds. The summed E-state index contributed by atoms with van der Waals surface area (Å²) in [4.78, 5) is 21.4. The first-order valence-electron chi connectivity index (χ1n) is 4.49. The van der Waals surface area contributed by atoms with E-state index in [0.717, 1.165) is 6.07 Å². The molecule has 0 aromatic heterocycles. The van der Waals surface area contributed by atoms with Gasteiger partial charge in [0.05, 0.1) is 0 Å². The topological polar surface area (TPSA) is 63.6 Å². The predicted octanol–water partition coefficient (Wildman–Crippen LogP) is 2.54. The van der Waals surface area contributed by atoms with Gasteiger partial charge in [-0.15, -0.1) is 13.2 Å². The largest absolute Gasteiger partial charge is 0.573 e. The van der Waals surface area contributed by atoms with E-state index in [2.05, 4.69) is 20.7 Å². The van der Waals surface area contributed by atoms with Gasteiger partial charge in [-0.3, -0.25) is 4.79 Å². The minimum Gasteiger partial charge on any atom is -0.475 e. The molecule has 1 N–H and O–H groups in total. The van der Waals surface area contributed by atoms with E-state index in [-0.39, 0.29) is 5.56 Å². The van der Waals surface area contributed by atoms with Crippen LogP contribution in [0.25, 0.3) is 0 Å². The Bertz CT molecular complexity index is 485. The van der Waals surface area contributed by atoms with Gasteiger partial charge in [-0.05, 0) is 18.2 Å². The number of carboxylic acid groups (broad SMARTS) is 1. The summed E-state index contributed by atoms with van der Waals surface area (Å²) in [5.74, 6) is -3.53. The number of carbonyl (C=O) groups excluding carboxylic acids is 1. The van der Waals surface area contributed by atoms with Gasteiger partial charge < -0.3 is 9.84 Å². The molecule has 1 aromatic carbocycles. The van der Waals surface area contributed by atoms with Gasteiger partial charge in [-0.25, -0.2) is 4.79 Å². The molecule has 0 radical (unpaired) electrons. The number of hydrogen-bond acceptors (Lipinski definition) is 3. The maximum Gasteiger partial charge on any atom is 0.573 e. The highest BCUT2D eigenvalue weighted by Crippen LogP contribution is 2.29. The molecular formula is C10H6BrF3O4. The molecule has 98 valence electrons. The van der Waals surface area contributed by atoms with Gasteiger partial charge in [-0.2, -0.15) is 0 Å². The fourth-order valence-corrected chi connectivity index (χ4v) is 1.57. The lowest BCUT2D eigenvalue weighted by atomic mass is 10.1. The van der Waals surface area contributed by atoms with Gasteiger partial charge in [0.15, 0.2) is 0 Å². The third-order valence-corrected chi connectivity index (χ3v) is 2.33. The Morgan fingerprint density at radius 1 is 1.33 bits per heavy atom. The van der Waals surface area contributed by atoms with E-state index in [1.807, 2.05) is 0 Å². The van der Waals surface area contributed by atoms with Crippen molar-refractivity contribution in [3.63, 3.8) is 0 Å². The minimum atomic E-state index is -4.91. The lowest BCUT2D eigenvalue weighted by Gasteiger charge is -2.12. The van der Waals surface area contributed by atoms with Crippen LogP contribution in [0.4, 0.5) is 13.2 Å². The fourth-order valence-electron chi connectivity index (χ4n) is 1.16. The highest BCUT2D eigenvalue weighted by atomic mass is 79.9. The number of ketones is 1. The van der Waals surface area contributed by atoms with Crippen molar-refractivity contribution >= 4 is 27.7 Å². The summed E-state index contributed by atoms with van der Waals surface area (Å²) in [6.45, 7) is 0. The third kappa shape index (κ3) is 4.36. The summed E-state index contributed by atoms with van der Waals surface area (Å²) in [5.41, 5.74) is -0.158. The van der Waals surface area contributed by atoms with E-state index in [9.17, 15) is 22.8 Å². The molecule has 18 heavy (non-hydrogen) atoms. The van der Waals surface area contributed by atoms with Crippen LogP contribution in [-0.4, -0.2) is 23.2 Å². The number of ether oxygens (including phenoxy) is 1. The van der Waals surface area contributed by atoms with Crippen molar-refractivity contribution in [3.8, 4) is 5.75 Å². The van der Waals surface area contributed by atoms with Crippen LogP contribution in [-0.2, 0) is 16.0 Å². The second kappa shape index (κ2) is 5.38. The number of carboxylic acids is 1. The Morgan fingerprint density at radius 3 is 2.44 bits per heavy atom. The Kier molecular flexibility index (Phi) is 4.33. The molecule has 1 aromatic rings. The van der Waals surface area contributed by atoms with Crippen LogP contribution in [0.15, 0.2) is 22.7 Å². The molecule has 0 aliphatic carbocycles. The summed E-state index contributed by atoms with van der Waals surface area (Å²) < 4.78 is 40.4. The minimum absolute atomic E-state index is 0.158. The number of benzene rings is 1. The summed E-state index contributed by atoms with van der Waals surface area (Å²) in [5, 5.41) is 8.41. The molecule has 0 heterocycles. The van der Waals surface area contributed by atoms with Crippen molar-refractivity contribution < 1.29 is 32.6 Å². The molecule has 0 fully saturated rings. The molecule has 0 spiro atoms. The molecule has 0 saturated carbocycles. The molecule has 4 nitrogen and oxygen atoms in total. The number of aliphatic carboxylic acids is 1. The second-order valence-electron chi connectivity index (χ2n) is 3.20. The van der Waals surface area contributed by atoms with E-state index in [0.29, 0.717) is 4.47 Å². The molecule has 8 heteroatoms. The van der Waals surface area contributed by atoms with Crippen LogP contribution in [0.5, 0.6) is 5.75 Å². The maximum atomic E-state index is 12.1. The van der Waals surface area contributed by atoms with Gasteiger partial charge in [-0.1, -0.05) is 15.9 Å². The first-order valence-corrected chi connectivity index (χ1v) is 5.28. The quantitative estimate of drug-likeness (QED) is 0.864. The van der Waals surface area contributed by atoms with Crippen LogP contribution in [0.2, 0.25) is 0 Å². The zero-order valence-corrected chi connectivity index (χ0v) is 10.2. The van der Waals surface area contributed by atoms with Crippen molar-refractivity contribution in [2.45, 2.75) is 12.8 Å². The normalized spacial score (nSPS) is 11.1. The van der Waals surface area contributed by atoms with Gasteiger partial charge in [0, 0.05) is 16.5 Å². The molecular weight excluding hydrogens is 321 g/mol. The smallest absolute Gasteiger partial charge is 0.475 e. The van der Waals surface area contributed by atoms with Crippen LogP contribution < -0.4 is 4.74 Å². The number of Topliss-reactive ketones (excluding diaryl/α,β-unsaturated/α-hetero) is 1. The number of halogens is 4. The highest BCUT2D eigenvalue weighted by molar-refractivity contribution is 9.10. The lowest BCUT2D eigenvalue weighted by Crippen LogP contribution is -2.20. The molecule has 0 bridgehead atoms. The Morgan fingerprint density at radius 2 is 1.94 bits per heavy atom. The number of carbonyl (C=O) groups is 2. The van der Waals surface area contributed by atoms with Gasteiger partial charge >= 0.3 is 12.3 Å². The number of alkyl halides is 3. The van der Waals surface area contributed by atoms with Crippen LogP contribution in [0.1, 0.15) is 5.56 Å². The number of rotatable bonds is 4. The Hall–Kier alpha value is -1.57. The van der Waals surface area contributed by atoms with Crippen molar-refractivity contribution in [2.75, 3.05) is 0 Å². The average molecular weight is 327 g/mol. The Labute approximate surface area is 107 Å². The van der Waals surface area contributed by atoms with Crippen molar-refractivity contribution in [1.82, 2.24) is 0 Å². The van der Waals surface area contributed by atoms with E-state index in [1.165, 1.54) is 12.1 Å². The van der Waals surface area contributed by atoms with E-state index in [1.54, 1.807) is 0 Å². The monoisotopic (exact) mass is 326 g/mol. The molecule has 0 saturated heterocycles. The summed E-state index contributed by atoms with van der Waals surface area (Å²) in [7, 11) is 0. The maximum absolute atomic E-state index is 12.1. The molecule has 0 aliphatic rings. The van der Waals surface area contributed by atoms with Crippen molar-refractivity contribution in [3.05, 3.63) is 28.2 Å². The third-order valence-electron chi connectivity index (χ3n) is 1.84. The van der Waals surface area contributed by atoms with Crippen LogP contribution in [0, 0.1) is 0 Å². The first kappa shape index (κ1) is 14.5. The second-order valence-corrected chi connectivity index (χ2v) is 4.12. The lowest BCUT2D eigenvalue weighted by molar-refractivity contribution is -0.274. The zero-order valence-electron chi connectivity index (χ0n) is 8.62. The van der Waals surface area contributed by atoms with Crippen LogP contribution >= 0.6 is 15.9 Å². The van der Waals surface area contributed by atoms with Gasteiger partial charge in [0.2, 0.25) is 5.78 Å². The van der Waals surface area contributed by atoms with Crippen molar-refractivity contribution in [2.24, 2.45) is 0 Å². The first-order chi connectivity index (χ1) is 8.19. The molecule has 0 unspecified atom stereocenters.